The zero-order valence-corrected chi connectivity index (χ0v) is 15.9. The Morgan fingerprint density at radius 2 is 2.12 bits per heavy atom. The fraction of sp³-hybridized carbons (Fsp3) is 0.650. The molecule has 2 amide bonds. The Kier molecular flexibility index (Phi) is 5.52. The molecule has 0 unspecified atom stereocenters. The van der Waals surface area contributed by atoms with E-state index in [1.807, 2.05) is 19.1 Å². The molecule has 0 spiro atoms. The highest BCUT2D eigenvalue weighted by molar-refractivity contribution is 5.75. The Balaban J connectivity index is 1.70. The first kappa shape index (κ1) is 18.1. The van der Waals surface area contributed by atoms with Crippen LogP contribution in [0.15, 0.2) is 18.2 Å². The second kappa shape index (κ2) is 7.65. The van der Waals surface area contributed by atoms with Crippen LogP contribution >= 0.6 is 0 Å². The molecule has 2 heterocycles. The third kappa shape index (κ3) is 3.92. The summed E-state index contributed by atoms with van der Waals surface area (Å²) in [5.41, 5.74) is 2.21. The molecule has 3 atom stereocenters. The molecule has 138 valence electrons. The number of benzene rings is 1. The van der Waals surface area contributed by atoms with E-state index in [2.05, 4.69) is 35.2 Å². The van der Waals surface area contributed by atoms with E-state index in [4.69, 9.17) is 4.74 Å². The van der Waals surface area contributed by atoms with Gasteiger partial charge in [-0.05, 0) is 58.7 Å². The van der Waals surface area contributed by atoms with E-state index in [1.54, 1.807) is 7.11 Å². The van der Waals surface area contributed by atoms with Crippen LogP contribution in [0.2, 0.25) is 0 Å². The number of likely N-dealkylation sites (tertiary alicyclic amines) is 2. The predicted octanol–water partition coefficient (Wildman–Crippen LogP) is 3.19. The largest absolute Gasteiger partial charge is 0.496 e. The molecule has 0 saturated carbocycles. The summed E-state index contributed by atoms with van der Waals surface area (Å²) in [4.78, 5) is 17.4. The molecular formula is C20H31N3O2. The van der Waals surface area contributed by atoms with E-state index in [9.17, 15) is 4.79 Å². The van der Waals surface area contributed by atoms with E-state index in [0.717, 1.165) is 43.8 Å². The number of ether oxygens (including phenoxy) is 1. The average Bonchev–Trinajstić information content (AvgIpc) is 2.60. The SMILES string of the molecule is COc1ccc(C)cc1[C@H](C)NC(=O)N1CCC[C@H]2CN(C)CC[C@@H]21. The number of nitrogens with one attached hydrogen (secondary N) is 1. The van der Waals surface area contributed by atoms with Crippen molar-refractivity contribution < 1.29 is 9.53 Å². The third-order valence-electron chi connectivity index (χ3n) is 5.72. The molecule has 5 nitrogen and oxygen atoms in total. The van der Waals surface area contributed by atoms with Crippen molar-refractivity contribution in [2.45, 2.75) is 45.2 Å². The predicted molar refractivity (Wildman–Crippen MR) is 100 cm³/mol. The Morgan fingerprint density at radius 3 is 2.88 bits per heavy atom. The van der Waals surface area contributed by atoms with Crippen LogP contribution in [0.25, 0.3) is 0 Å². The average molecular weight is 345 g/mol. The number of methoxy groups -OCH3 is 1. The number of hydrogen-bond acceptors (Lipinski definition) is 3. The summed E-state index contributed by atoms with van der Waals surface area (Å²) in [6.45, 7) is 7.15. The molecule has 1 aromatic carbocycles. The molecule has 1 aromatic rings. The Morgan fingerprint density at radius 1 is 1.32 bits per heavy atom. The van der Waals surface area contributed by atoms with Crippen LogP contribution in [-0.2, 0) is 0 Å². The van der Waals surface area contributed by atoms with Crippen molar-refractivity contribution in [3.05, 3.63) is 29.3 Å². The smallest absolute Gasteiger partial charge is 0.318 e. The first-order valence-electron chi connectivity index (χ1n) is 9.40. The van der Waals surface area contributed by atoms with Gasteiger partial charge >= 0.3 is 6.03 Å². The van der Waals surface area contributed by atoms with Crippen molar-refractivity contribution in [2.75, 3.05) is 33.8 Å². The highest BCUT2D eigenvalue weighted by atomic mass is 16.5. The summed E-state index contributed by atoms with van der Waals surface area (Å²) in [6.07, 6.45) is 3.42. The lowest BCUT2D eigenvalue weighted by atomic mass is 9.84. The number of carbonyl (C=O) groups excluding carboxylic acids is 1. The van der Waals surface area contributed by atoms with Gasteiger partial charge in [0.05, 0.1) is 13.2 Å². The normalized spacial score (nSPS) is 25.2. The van der Waals surface area contributed by atoms with Gasteiger partial charge in [0.1, 0.15) is 5.75 Å². The lowest BCUT2D eigenvalue weighted by molar-refractivity contribution is 0.0525. The molecule has 2 aliphatic heterocycles. The van der Waals surface area contributed by atoms with E-state index in [0.29, 0.717) is 12.0 Å². The van der Waals surface area contributed by atoms with Crippen LogP contribution < -0.4 is 10.1 Å². The monoisotopic (exact) mass is 345 g/mol. The molecule has 2 fully saturated rings. The van der Waals surface area contributed by atoms with Gasteiger partial charge in [0.25, 0.3) is 0 Å². The van der Waals surface area contributed by atoms with Crippen molar-refractivity contribution in [2.24, 2.45) is 5.92 Å². The standard InChI is InChI=1S/C20H31N3O2/c1-14-7-8-19(25-4)17(12-14)15(2)21-20(24)23-10-5-6-16-13-22(3)11-9-18(16)23/h7-8,12,15-16,18H,5-6,9-11,13H2,1-4H3,(H,21,24)/t15-,16-,18-/m0/s1. The van der Waals surface area contributed by atoms with E-state index < -0.39 is 0 Å². The molecule has 0 aromatic heterocycles. The summed E-state index contributed by atoms with van der Waals surface area (Å²) in [5.74, 6) is 1.44. The minimum Gasteiger partial charge on any atom is -0.496 e. The molecule has 1 N–H and O–H groups in total. The number of nitrogens with zero attached hydrogens (tertiary/aromatic N) is 2. The molecule has 2 saturated heterocycles. The van der Waals surface area contributed by atoms with Crippen LogP contribution in [0.5, 0.6) is 5.75 Å². The molecule has 3 rings (SSSR count). The van der Waals surface area contributed by atoms with Crippen LogP contribution in [0.1, 0.15) is 43.4 Å². The van der Waals surface area contributed by atoms with Gasteiger partial charge in [-0.3, -0.25) is 0 Å². The lowest BCUT2D eigenvalue weighted by Crippen LogP contribution is -2.57. The molecule has 0 aliphatic carbocycles. The number of aryl methyl sites for hydroxylation is 1. The summed E-state index contributed by atoms with van der Waals surface area (Å²) in [6, 6.07) is 6.48. The zero-order valence-electron chi connectivity index (χ0n) is 15.9. The summed E-state index contributed by atoms with van der Waals surface area (Å²) in [7, 11) is 3.86. The van der Waals surface area contributed by atoms with Crippen LogP contribution in [-0.4, -0.2) is 55.7 Å². The number of amides is 2. The van der Waals surface area contributed by atoms with E-state index in [-0.39, 0.29) is 12.1 Å². The summed E-state index contributed by atoms with van der Waals surface area (Å²) < 4.78 is 5.48. The van der Waals surface area contributed by atoms with Gasteiger partial charge in [-0.1, -0.05) is 17.7 Å². The molecule has 2 aliphatic rings. The van der Waals surface area contributed by atoms with Gasteiger partial charge in [0, 0.05) is 24.7 Å². The zero-order chi connectivity index (χ0) is 18.0. The van der Waals surface area contributed by atoms with E-state index >= 15 is 0 Å². The summed E-state index contributed by atoms with van der Waals surface area (Å²) in [5, 5.41) is 3.21. The van der Waals surface area contributed by atoms with Crippen LogP contribution in [0.3, 0.4) is 0 Å². The van der Waals surface area contributed by atoms with Crippen molar-refractivity contribution >= 4 is 6.03 Å². The van der Waals surface area contributed by atoms with Gasteiger partial charge in [0.15, 0.2) is 0 Å². The van der Waals surface area contributed by atoms with E-state index in [1.165, 1.54) is 12.0 Å². The fourth-order valence-electron chi connectivity index (χ4n) is 4.38. The van der Waals surface area contributed by atoms with Crippen molar-refractivity contribution in [1.29, 1.82) is 0 Å². The number of piperidine rings is 2. The fourth-order valence-corrected chi connectivity index (χ4v) is 4.38. The second-order valence-electron chi connectivity index (χ2n) is 7.63. The number of carbonyl (C=O) groups is 1. The maximum absolute atomic E-state index is 13.0. The van der Waals surface area contributed by atoms with Gasteiger partial charge < -0.3 is 19.9 Å². The topological polar surface area (TPSA) is 44.8 Å². The van der Waals surface area contributed by atoms with Gasteiger partial charge in [0.2, 0.25) is 0 Å². The third-order valence-corrected chi connectivity index (χ3v) is 5.72. The Bertz CT molecular complexity index is 619. The second-order valence-corrected chi connectivity index (χ2v) is 7.63. The maximum atomic E-state index is 13.0. The minimum atomic E-state index is -0.0750. The molecule has 0 bridgehead atoms. The summed E-state index contributed by atoms with van der Waals surface area (Å²) >= 11 is 0. The molecular weight excluding hydrogens is 314 g/mol. The van der Waals surface area contributed by atoms with Crippen molar-refractivity contribution in [3.8, 4) is 5.75 Å². The quantitative estimate of drug-likeness (QED) is 0.915. The highest BCUT2D eigenvalue weighted by Crippen LogP contribution is 2.31. The maximum Gasteiger partial charge on any atom is 0.318 e. The van der Waals surface area contributed by atoms with Crippen LogP contribution in [0, 0.1) is 12.8 Å². The molecule has 25 heavy (non-hydrogen) atoms. The Labute approximate surface area is 151 Å². The number of rotatable bonds is 3. The van der Waals surface area contributed by atoms with Gasteiger partial charge in [-0.15, -0.1) is 0 Å². The van der Waals surface area contributed by atoms with Crippen LogP contribution in [0.4, 0.5) is 4.79 Å². The lowest BCUT2D eigenvalue weighted by Gasteiger charge is -2.46. The van der Waals surface area contributed by atoms with Crippen molar-refractivity contribution in [3.63, 3.8) is 0 Å². The Hall–Kier alpha value is -1.75. The van der Waals surface area contributed by atoms with Crippen molar-refractivity contribution in [1.82, 2.24) is 15.1 Å². The minimum absolute atomic E-state index is 0.0651. The number of urea groups is 1. The molecule has 0 radical (unpaired) electrons. The first-order valence-corrected chi connectivity index (χ1v) is 9.40. The number of fused-ring (bicyclic) bond motifs is 1. The van der Waals surface area contributed by atoms with Gasteiger partial charge in [-0.25, -0.2) is 4.79 Å². The highest BCUT2D eigenvalue weighted by Gasteiger charge is 2.37. The number of hydrogen-bond donors (Lipinski definition) is 1. The first-order chi connectivity index (χ1) is 12.0. The van der Waals surface area contributed by atoms with Gasteiger partial charge in [-0.2, -0.15) is 0 Å². The molecule has 5 heteroatoms.